The topological polar surface area (TPSA) is 58.4 Å². The number of likely N-dealkylation sites (tertiary alicyclic amines) is 1. The summed E-state index contributed by atoms with van der Waals surface area (Å²) in [5.74, 6) is 0.0508. The van der Waals surface area contributed by atoms with Crippen LogP contribution in [-0.4, -0.2) is 34.9 Å². The fourth-order valence-electron chi connectivity index (χ4n) is 3.47. The van der Waals surface area contributed by atoms with Crippen LogP contribution in [0.4, 0.5) is 5.69 Å². The molecule has 1 N–H and O–H groups in total. The van der Waals surface area contributed by atoms with E-state index in [1.165, 1.54) is 18.1 Å². The van der Waals surface area contributed by atoms with Crippen molar-refractivity contribution in [1.29, 1.82) is 0 Å². The van der Waals surface area contributed by atoms with E-state index in [1.54, 1.807) is 6.07 Å². The highest BCUT2D eigenvalue weighted by Crippen LogP contribution is 2.26. The molecule has 4 rings (SSSR count). The van der Waals surface area contributed by atoms with E-state index >= 15 is 0 Å². The van der Waals surface area contributed by atoms with Crippen molar-refractivity contribution in [3.05, 3.63) is 60.2 Å². The fourth-order valence-corrected chi connectivity index (χ4v) is 3.47. The molecular formula is C20H21N3O2. The van der Waals surface area contributed by atoms with Crippen molar-refractivity contribution in [2.45, 2.75) is 25.8 Å². The molecule has 0 unspecified atom stereocenters. The number of nitrogens with one attached hydrogen (secondary N) is 1. The number of rotatable bonds is 3. The number of nitrogens with zero attached hydrogens (tertiary/aromatic N) is 2. The maximum Gasteiger partial charge on any atom is 0.257 e. The van der Waals surface area contributed by atoms with E-state index in [2.05, 4.69) is 35.4 Å². The molecule has 5 nitrogen and oxygen atoms in total. The number of aryl methyl sites for hydroxylation is 1. The molecule has 0 saturated carbocycles. The van der Waals surface area contributed by atoms with Gasteiger partial charge in [0.25, 0.3) is 5.91 Å². The van der Waals surface area contributed by atoms with E-state index in [1.807, 2.05) is 17.2 Å². The molecule has 1 fully saturated rings. The number of hydrogen-bond donors (Lipinski definition) is 1. The van der Waals surface area contributed by atoms with Crippen LogP contribution in [0, 0.1) is 6.92 Å². The number of piperidine rings is 1. The van der Waals surface area contributed by atoms with Gasteiger partial charge in [-0.2, -0.15) is 0 Å². The quantitative estimate of drug-likeness (QED) is 0.790. The minimum atomic E-state index is 0.0508. The summed E-state index contributed by atoms with van der Waals surface area (Å²) in [7, 11) is 0. The highest BCUT2D eigenvalue weighted by atomic mass is 16.3. The largest absolute Gasteiger partial charge is 0.472 e. The lowest BCUT2D eigenvalue weighted by molar-refractivity contribution is 0.0718. The van der Waals surface area contributed by atoms with Crippen LogP contribution in [0.5, 0.6) is 0 Å². The van der Waals surface area contributed by atoms with Gasteiger partial charge in [-0.1, -0.05) is 6.07 Å². The molecule has 1 aliphatic rings. The van der Waals surface area contributed by atoms with Crippen molar-refractivity contribution in [2.24, 2.45) is 0 Å². The molecule has 3 aromatic rings. The number of carbonyl (C=O) groups excluding carboxylic acids is 1. The molecule has 1 amide bonds. The van der Waals surface area contributed by atoms with Crippen LogP contribution >= 0.6 is 0 Å². The molecule has 25 heavy (non-hydrogen) atoms. The molecule has 0 atom stereocenters. The minimum absolute atomic E-state index is 0.0508. The lowest BCUT2D eigenvalue weighted by atomic mass is 10.0. The zero-order valence-electron chi connectivity index (χ0n) is 14.2. The second kappa shape index (κ2) is 6.59. The molecule has 1 aliphatic heterocycles. The van der Waals surface area contributed by atoms with Gasteiger partial charge in [-0.15, -0.1) is 0 Å². The van der Waals surface area contributed by atoms with E-state index in [0.29, 0.717) is 11.6 Å². The standard InChI is InChI=1S/C20H21N3O2/c1-14-11-15-3-2-7-21-19(15)18(12-14)22-17-4-8-23(9-5-17)20(24)16-6-10-25-13-16/h2-3,6-7,10-13,17,22H,4-5,8-9H2,1H3. The number of benzene rings is 1. The number of furan rings is 1. The second-order valence-electron chi connectivity index (χ2n) is 6.61. The van der Waals surface area contributed by atoms with Gasteiger partial charge in [-0.05, 0) is 49.6 Å². The van der Waals surface area contributed by atoms with Crippen molar-refractivity contribution in [3.8, 4) is 0 Å². The first-order valence-electron chi connectivity index (χ1n) is 8.64. The Morgan fingerprint density at radius 1 is 1.28 bits per heavy atom. The van der Waals surface area contributed by atoms with Crippen molar-refractivity contribution >= 4 is 22.5 Å². The molecular weight excluding hydrogens is 314 g/mol. The Morgan fingerprint density at radius 2 is 2.12 bits per heavy atom. The molecule has 0 radical (unpaired) electrons. The summed E-state index contributed by atoms with van der Waals surface area (Å²) in [6.07, 6.45) is 6.72. The molecule has 2 aromatic heterocycles. The maximum atomic E-state index is 12.4. The maximum absolute atomic E-state index is 12.4. The Balaban J connectivity index is 1.45. The number of pyridine rings is 1. The Labute approximate surface area is 146 Å². The van der Waals surface area contributed by atoms with Gasteiger partial charge in [0.05, 0.1) is 23.0 Å². The molecule has 0 aliphatic carbocycles. The van der Waals surface area contributed by atoms with E-state index in [-0.39, 0.29) is 5.91 Å². The normalized spacial score (nSPS) is 15.5. The lowest BCUT2D eigenvalue weighted by Gasteiger charge is -2.33. The van der Waals surface area contributed by atoms with Crippen LogP contribution in [0.15, 0.2) is 53.5 Å². The first-order chi connectivity index (χ1) is 12.2. The van der Waals surface area contributed by atoms with Gasteiger partial charge in [-0.25, -0.2) is 0 Å². The lowest BCUT2D eigenvalue weighted by Crippen LogP contribution is -2.42. The van der Waals surface area contributed by atoms with Crippen LogP contribution in [-0.2, 0) is 0 Å². The Bertz CT molecular complexity index is 881. The summed E-state index contributed by atoms with van der Waals surface area (Å²) in [6, 6.07) is 10.4. The van der Waals surface area contributed by atoms with Crippen molar-refractivity contribution in [1.82, 2.24) is 9.88 Å². The van der Waals surface area contributed by atoms with Gasteiger partial charge in [0.2, 0.25) is 0 Å². The summed E-state index contributed by atoms with van der Waals surface area (Å²) < 4.78 is 5.01. The number of aromatic nitrogens is 1. The van der Waals surface area contributed by atoms with Crippen molar-refractivity contribution in [2.75, 3.05) is 18.4 Å². The molecule has 0 spiro atoms. The first-order valence-corrected chi connectivity index (χ1v) is 8.64. The zero-order valence-corrected chi connectivity index (χ0v) is 14.2. The van der Waals surface area contributed by atoms with Gasteiger partial charge in [0, 0.05) is 30.7 Å². The molecule has 3 heterocycles. The van der Waals surface area contributed by atoms with E-state index in [9.17, 15) is 4.79 Å². The van der Waals surface area contributed by atoms with Crippen LogP contribution in [0.3, 0.4) is 0 Å². The van der Waals surface area contributed by atoms with Gasteiger partial charge >= 0.3 is 0 Å². The number of carbonyl (C=O) groups is 1. The van der Waals surface area contributed by atoms with Crippen LogP contribution < -0.4 is 5.32 Å². The molecule has 1 aromatic carbocycles. The summed E-state index contributed by atoms with van der Waals surface area (Å²) in [5.41, 5.74) is 3.93. The summed E-state index contributed by atoms with van der Waals surface area (Å²) >= 11 is 0. The molecule has 128 valence electrons. The second-order valence-corrected chi connectivity index (χ2v) is 6.61. The monoisotopic (exact) mass is 335 g/mol. The minimum Gasteiger partial charge on any atom is -0.472 e. The average Bonchev–Trinajstić information content (AvgIpc) is 3.16. The molecule has 5 heteroatoms. The van der Waals surface area contributed by atoms with Gasteiger partial charge in [0.15, 0.2) is 0 Å². The molecule has 0 bridgehead atoms. The summed E-state index contributed by atoms with van der Waals surface area (Å²) in [5, 5.41) is 4.79. The Kier molecular flexibility index (Phi) is 4.14. The predicted molar refractivity (Wildman–Crippen MR) is 97.7 cm³/mol. The first kappa shape index (κ1) is 15.7. The SMILES string of the molecule is Cc1cc(NC2CCN(C(=O)c3ccoc3)CC2)c2ncccc2c1. The molecule has 1 saturated heterocycles. The smallest absolute Gasteiger partial charge is 0.257 e. The van der Waals surface area contributed by atoms with Crippen molar-refractivity contribution in [3.63, 3.8) is 0 Å². The number of fused-ring (bicyclic) bond motifs is 1. The third-order valence-electron chi connectivity index (χ3n) is 4.76. The summed E-state index contributed by atoms with van der Waals surface area (Å²) in [6.45, 7) is 3.60. The van der Waals surface area contributed by atoms with E-state index < -0.39 is 0 Å². The van der Waals surface area contributed by atoms with Crippen molar-refractivity contribution < 1.29 is 9.21 Å². The average molecular weight is 335 g/mol. The van der Waals surface area contributed by atoms with Gasteiger partial charge in [0.1, 0.15) is 6.26 Å². The Morgan fingerprint density at radius 3 is 2.88 bits per heavy atom. The Hall–Kier alpha value is -2.82. The highest BCUT2D eigenvalue weighted by molar-refractivity contribution is 5.94. The number of amides is 1. The van der Waals surface area contributed by atoms with Gasteiger partial charge < -0.3 is 14.6 Å². The van der Waals surface area contributed by atoms with Crippen LogP contribution in [0.25, 0.3) is 10.9 Å². The van der Waals surface area contributed by atoms with Crippen LogP contribution in [0.1, 0.15) is 28.8 Å². The predicted octanol–water partition coefficient (Wildman–Crippen LogP) is 3.85. The van der Waals surface area contributed by atoms with Gasteiger partial charge in [-0.3, -0.25) is 9.78 Å². The number of anilines is 1. The van der Waals surface area contributed by atoms with Crippen LogP contribution in [0.2, 0.25) is 0 Å². The van der Waals surface area contributed by atoms with E-state index in [0.717, 1.165) is 42.5 Å². The number of hydrogen-bond acceptors (Lipinski definition) is 4. The van der Waals surface area contributed by atoms with E-state index in [4.69, 9.17) is 4.42 Å². The third-order valence-corrected chi connectivity index (χ3v) is 4.76. The fraction of sp³-hybridized carbons (Fsp3) is 0.300. The zero-order chi connectivity index (χ0) is 17.2. The summed E-state index contributed by atoms with van der Waals surface area (Å²) in [4.78, 5) is 18.8. The third kappa shape index (κ3) is 3.22. The highest BCUT2D eigenvalue weighted by Gasteiger charge is 2.24.